The summed E-state index contributed by atoms with van der Waals surface area (Å²) in [4.78, 5) is 0. The number of alkyl halides is 1. The molecule has 0 radical (unpaired) electrons. The van der Waals surface area contributed by atoms with Crippen molar-refractivity contribution >= 4 is 0 Å². The summed E-state index contributed by atoms with van der Waals surface area (Å²) in [6, 6.07) is 9.73. The summed E-state index contributed by atoms with van der Waals surface area (Å²) in [7, 11) is 0. The molecule has 0 spiro atoms. The minimum absolute atomic E-state index is 0.149. The summed E-state index contributed by atoms with van der Waals surface area (Å²) in [5.74, 6) is 0.363. The van der Waals surface area contributed by atoms with Crippen molar-refractivity contribution in [3.63, 3.8) is 0 Å². The van der Waals surface area contributed by atoms with Crippen LogP contribution in [0.5, 0.6) is 0 Å². The average molecular weight is 280 g/mol. The van der Waals surface area contributed by atoms with Gasteiger partial charge in [0, 0.05) is 0 Å². The number of hydrogen-bond donors (Lipinski definition) is 2. The molecule has 3 heteroatoms. The van der Waals surface area contributed by atoms with E-state index in [2.05, 4.69) is 0 Å². The fourth-order valence-corrected chi connectivity index (χ4v) is 2.16. The Kier molecular flexibility index (Phi) is 7.48. The summed E-state index contributed by atoms with van der Waals surface area (Å²) < 4.78 is 13.9. The van der Waals surface area contributed by atoms with E-state index in [1.807, 2.05) is 44.2 Å². The molecule has 0 aliphatic carbocycles. The van der Waals surface area contributed by atoms with Gasteiger partial charge in [-0.2, -0.15) is 0 Å². The van der Waals surface area contributed by atoms with Crippen molar-refractivity contribution < 1.29 is 14.6 Å². The number of hydrogen-bond acceptors (Lipinski definition) is 2. The summed E-state index contributed by atoms with van der Waals surface area (Å²) in [6.07, 6.45) is 0.609. The molecule has 2 atom stereocenters. The molecule has 0 fully saturated rings. The molecule has 0 saturated carbocycles. The van der Waals surface area contributed by atoms with Gasteiger partial charge in [0.05, 0.1) is 12.7 Å². The highest BCUT2D eigenvalue weighted by molar-refractivity contribution is 5.15. The van der Waals surface area contributed by atoms with E-state index >= 15 is 0 Å². The topological polar surface area (TPSA) is 40.5 Å². The van der Waals surface area contributed by atoms with E-state index in [9.17, 15) is 14.6 Å². The molecule has 1 rings (SSSR count). The predicted octanol–water partition coefficient (Wildman–Crippen LogP) is 3.28. The number of benzene rings is 1. The summed E-state index contributed by atoms with van der Waals surface area (Å²) in [6.45, 7) is 3.88. The zero-order valence-electron chi connectivity index (χ0n) is 12.3. The van der Waals surface area contributed by atoms with E-state index in [-0.39, 0.29) is 6.61 Å². The van der Waals surface area contributed by atoms with Crippen LogP contribution in [0, 0.1) is 5.92 Å². The van der Waals surface area contributed by atoms with Crippen LogP contribution in [0.15, 0.2) is 42.0 Å². The first kappa shape index (κ1) is 16.9. The lowest BCUT2D eigenvalue weighted by molar-refractivity contribution is 0.0943. The van der Waals surface area contributed by atoms with Gasteiger partial charge in [-0.05, 0) is 42.4 Å². The Bertz CT molecular complexity index is 401. The van der Waals surface area contributed by atoms with Crippen LogP contribution in [-0.2, 0) is 6.42 Å². The van der Waals surface area contributed by atoms with Gasteiger partial charge < -0.3 is 10.2 Å². The molecule has 1 aromatic carbocycles. The first-order valence-corrected chi connectivity index (χ1v) is 7.19. The Morgan fingerprint density at radius 1 is 1.25 bits per heavy atom. The van der Waals surface area contributed by atoms with Crippen LogP contribution in [0.25, 0.3) is 0 Å². The molecule has 0 aromatic heterocycles. The molecule has 0 aliphatic rings. The van der Waals surface area contributed by atoms with E-state index in [1.54, 1.807) is 0 Å². The Hall–Kier alpha value is -1.19. The maximum Gasteiger partial charge on any atom is 0.144 e. The second-order valence-electron chi connectivity index (χ2n) is 5.62. The molecule has 2 nitrogen and oxygen atoms in total. The number of halogens is 1. The van der Waals surface area contributed by atoms with Gasteiger partial charge in [0.15, 0.2) is 0 Å². The molecular weight excluding hydrogens is 255 g/mol. The van der Waals surface area contributed by atoms with Crippen LogP contribution < -0.4 is 0 Å². The normalized spacial score (nSPS) is 15.4. The minimum atomic E-state index is -1.42. The van der Waals surface area contributed by atoms with Crippen LogP contribution in [0.1, 0.15) is 32.3 Å². The van der Waals surface area contributed by atoms with Crippen LogP contribution in [0.2, 0.25) is 0 Å². The average Bonchev–Trinajstić information content (AvgIpc) is 2.44. The van der Waals surface area contributed by atoms with E-state index in [0.29, 0.717) is 30.8 Å². The molecule has 0 bridgehead atoms. The van der Waals surface area contributed by atoms with Gasteiger partial charge in [-0.3, -0.25) is 0 Å². The lowest BCUT2D eigenvalue weighted by atomic mass is 9.99. The number of aryl methyl sites for hydroxylation is 1. The third-order valence-electron chi connectivity index (χ3n) is 3.21. The second kappa shape index (κ2) is 8.88. The number of rotatable bonds is 8. The molecule has 0 amide bonds. The van der Waals surface area contributed by atoms with Crippen molar-refractivity contribution in [2.24, 2.45) is 5.92 Å². The Morgan fingerprint density at radius 2 is 1.90 bits per heavy atom. The SMILES string of the molecule is CC(C)C/C(=C/C(F)C(O)CCc1ccccc1)CO. The minimum Gasteiger partial charge on any atom is -0.392 e. The molecule has 2 N–H and O–H groups in total. The lowest BCUT2D eigenvalue weighted by Crippen LogP contribution is -2.21. The first-order chi connectivity index (χ1) is 9.52. The van der Waals surface area contributed by atoms with Gasteiger partial charge in [0.2, 0.25) is 0 Å². The van der Waals surface area contributed by atoms with Gasteiger partial charge in [0.1, 0.15) is 6.17 Å². The highest BCUT2D eigenvalue weighted by Gasteiger charge is 2.17. The quantitative estimate of drug-likeness (QED) is 0.717. The summed E-state index contributed by atoms with van der Waals surface area (Å²) in [5.41, 5.74) is 1.75. The zero-order valence-corrected chi connectivity index (χ0v) is 12.3. The molecule has 2 unspecified atom stereocenters. The Balaban J connectivity index is 2.49. The maximum absolute atomic E-state index is 13.9. The molecule has 0 aliphatic heterocycles. The second-order valence-corrected chi connectivity index (χ2v) is 5.62. The van der Waals surface area contributed by atoms with E-state index < -0.39 is 12.3 Å². The smallest absolute Gasteiger partial charge is 0.144 e. The Labute approximate surface area is 121 Å². The van der Waals surface area contributed by atoms with Crippen molar-refractivity contribution in [3.8, 4) is 0 Å². The van der Waals surface area contributed by atoms with Crippen LogP contribution >= 0.6 is 0 Å². The molecule has 112 valence electrons. The third kappa shape index (κ3) is 6.31. The van der Waals surface area contributed by atoms with Crippen LogP contribution in [0.3, 0.4) is 0 Å². The monoisotopic (exact) mass is 280 g/mol. The van der Waals surface area contributed by atoms with Gasteiger partial charge in [-0.15, -0.1) is 0 Å². The summed E-state index contributed by atoms with van der Waals surface area (Å²) in [5, 5.41) is 19.1. The van der Waals surface area contributed by atoms with Gasteiger partial charge in [-0.25, -0.2) is 4.39 Å². The molecule has 0 heterocycles. The van der Waals surface area contributed by atoms with Gasteiger partial charge >= 0.3 is 0 Å². The fourth-order valence-electron chi connectivity index (χ4n) is 2.16. The first-order valence-electron chi connectivity index (χ1n) is 7.19. The zero-order chi connectivity index (χ0) is 15.0. The van der Waals surface area contributed by atoms with Crippen LogP contribution in [-0.4, -0.2) is 29.1 Å². The molecule has 0 saturated heterocycles. The standard InChI is InChI=1S/C17H25FO2/c1-13(2)10-15(12-19)11-16(18)17(20)9-8-14-6-4-3-5-7-14/h3-7,11,13,16-17,19-20H,8-10,12H2,1-2H3/b15-11-. The predicted molar refractivity (Wildman–Crippen MR) is 80.3 cm³/mol. The molecule has 1 aromatic rings. The van der Waals surface area contributed by atoms with Gasteiger partial charge in [-0.1, -0.05) is 44.2 Å². The number of aliphatic hydroxyl groups is 2. The molecular formula is C17H25FO2. The van der Waals surface area contributed by atoms with Crippen molar-refractivity contribution in [2.45, 2.75) is 45.4 Å². The van der Waals surface area contributed by atoms with E-state index in [4.69, 9.17) is 0 Å². The van der Waals surface area contributed by atoms with Crippen molar-refractivity contribution in [3.05, 3.63) is 47.5 Å². The third-order valence-corrected chi connectivity index (χ3v) is 3.21. The van der Waals surface area contributed by atoms with E-state index in [0.717, 1.165) is 5.56 Å². The van der Waals surface area contributed by atoms with Gasteiger partial charge in [0.25, 0.3) is 0 Å². The van der Waals surface area contributed by atoms with Crippen molar-refractivity contribution in [2.75, 3.05) is 6.61 Å². The largest absolute Gasteiger partial charge is 0.392 e. The highest BCUT2D eigenvalue weighted by atomic mass is 19.1. The Morgan fingerprint density at radius 3 is 2.45 bits per heavy atom. The van der Waals surface area contributed by atoms with E-state index in [1.165, 1.54) is 6.08 Å². The van der Waals surface area contributed by atoms with Crippen molar-refractivity contribution in [1.29, 1.82) is 0 Å². The maximum atomic E-state index is 13.9. The lowest BCUT2D eigenvalue weighted by Gasteiger charge is -2.15. The summed E-state index contributed by atoms with van der Waals surface area (Å²) >= 11 is 0. The fraction of sp³-hybridized carbons (Fsp3) is 0.529. The van der Waals surface area contributed by atoms with Crippen LogP contribution in [0.4, 0.5) is 4.39 Å². The number of aliphatic hydroxyl groups excluding tert-OH is 2. The van der Waals surface area contributed by atoms with Crippen molar-refractivity contribution in [1.82, 2.24) is 0 Å². The molecule has 20 heavy (non-hydrogen) atoms. The highest BCUT2D eigenvalue weighted by Crippen LogP contribution is 2.16.